The van der Waals surface area contributed by atoms with E-state index in [1.54, 1.807) is 55.9 Å². The largest absolute Gasteiger partial charge is 1.00 e. The summed E-state index contributed by atoms with van der Waals surface area (Å²) in [7, 11) is 6.42. The Labute approximate surface area is 207 Å². The van der Waals surface area contributed by atoms with E-state index in [0.29, 0.717) is 24.6 Å². The summed E-state index contributed by atoms with van der Waals surface area (Å²) < 4.78 is 9.23. The summed E-state index contributed by atoms with van der Waals surface area (Å²) in [5.41, 5.74) is 6.11. The van der Waals surface area contributed by atoms with Gasteiger partial charge in [-0.15, -0.1) is 0 Å². The SMILES string of the molecule is CCOC(=O)/C=C(/C)N.CCOC(=O)/C=C(/C)NC(=O)N(C)C.CN(C)C(=O)Cl.[H-].[Na+]. The van der Waals surface area contributed by atoms with E-state index in [9.17, 15) is 19.2 Å². The summed E-state index contributed by atoms with van der Waals surface area (Å²) in [4.78, 5) is 45.0. The van der Waals surface area contributed by atoms with E-state index < -0.39 is 11.3 Å². The number of urea groups is 1. The normalized spacial score (nSPS) is 9.90. The summed E-state index contributed by atoms with van der Waals surface area (Å²) >= 11 is 4.90. The summed E-state index contributed by atoms with van der Waals surface area (Å²) in [5, 5.41) is 2.08. The summed E-state index contributed by atoms with van der Waals surface area (Å²) in [5.74, 6) is -0.832. The number of hydrogen-bond donors (Lipinski definition) is 2. The van der Waals surface area contributed by atoms with E-state index in [0.717, 1.165) is 0 Å². The van der Waals surface area contributed by atoms with Crippen LogP contribution in [0.25, 0.3) is 0 Å². The van der Waals surface area contributed by atoms with Gasteiger partial charge in [-0.25, -0.2) is 14.4 Å². The number of carbonyl (C=O) groups excluding carboxylic acids is 4. The van der Waals surface area contributed by atoms with Crippen molar-refractivity contribution in [2.75, 3.05) is 41.4 Å². The van der Waals surface area contributed by atoms with Crippen LogP contribution in [0.3, 0.4) is 0 Å². The van der Waals surface area contributed by atoms with Crippen LogP contribution in [0.2, 0.25) is 0 Å². The van der Waals surface area contributed by atoms with Crippen LogP contribution in [0.15, 0.2) is 23.5 Å². The first-order valence-corrected chi connectivity index (χ1v) is 8.96. The molecule has 0 aliphatic carbocycles. The van der Waals surface area contributed by atoms with Crippen LogP contribution in [0.1, 0.15) is 29.1 Å². The molecule has 0 rings (SSSR count). The zero-order valence-electron chi connectivity index (χ0n) is 20.4. The number of carbonyl (C=O) groups is 4. The molecule has 0 saturated heterocycles. The third-order valence-corrected chi connectivity index (χ3v) is 2.65. The molecule has 12 heteroatoms. The number of halogens is 1. The Morgan fingerprint density at radius 3 is 1.57 bits per heavy atom. The van der Waals surface area contributed by atoms with E-state index in [1.807, 2.05) is 0 Å². The monoisotopic (exact) mass is 460 g/mol. The first-order valence-electron chi connectivity index (χ1n) is 8.58. The maximum absolute atomic E-state index is 11.1. The van der Waals surface area contributed by atoms with E-state index in [1.165, 1.54) is 22.0 Å². The molecule has 3 N–H and O–H groups in total. The molecule has 0 fully saturated rings. The summed E-state index contributed by atoms with van der Waals surface area (Å²) in [6.07, 6.45) is 2.49. The predicted octanol–water partition coefficient (Wildman–Crippen LogP) is -0.840. The van der Waals surface area contributed by atoms with Crippen molar-refractivity contribution in [1.29, 1.82) is 0 Å². The van der Waals surface area contributed by atoms with Crippen LogP contribution in [-0.4, -0.2) is 74.5 Å². The Morgan fingerprint density at radius 2 is 1.30 bits per heavy atom. The number of nitrogens with one attached hydrogen (secondary N) is 1. The minimum Gasteiger partial charge on any atom is -1.00 e. The zero-order valence-corrected chi connectivity index (χ0v) is 22.1. The number of hydrogen-bond acceptors (Lipinski definition) is 7. The summed E-state index contributed by atoms with van der Waals surface area (Å²) in [6, 6.07) is -0.275. The number of allylic oxidation sites excluding steroid dienone is 2. The second-order valence-electron chi connectivity index (χ2n) is 5.69. The van der Waals surface area contributed by atoms with Crippen LogP contribution in [0.5, 0.6) is 0 Å². The second kappa shape index (κ2) is 21.9. The van der Waals surface area contributed by atoms with Crippen LogP contribution >= 0.6 is 11.6 Å². The van der Waals surface area contributed by atoms with Crippen molar-refractivity contribution in [3.05, 3.63) is 23.5 Å². The molecule has 0 aliphatic rings. The molecule has 0 saturated carbocycles. The smallest absolute Gasteiger partial charge is 1.00 e. The fourth-order valence-electron chi connectivity index (χ4n) is 1.05. The van der Waals surface area contributed by atoms with Crippen molar-refractivity contribution in [3.8, 4) is 0 Å². The van der Waals surface area contributed by atoms with E-state index in [4.69, 9.17) is 17.3 Å². The maximum Gasteiger partial charge on any atom is 1.00 e. The van der Waals surface area contributed by atoms with Gasteiger partial charge in [0.15, 0.2) is 0 Å². The summed E-state index contributed by atoms with van der Waals surface area (Å²) in [6.45, 7) is 7.44. The molecule has 0 bridgehead atoms. The van der Waals surface area contributed by atoms with Gasteiger partial charge in [0.05, 0.1) is 13.2 Å². The van der Waals surface area contributed by atoms with Crippen molar-refractivity contribution >= 4 is 34.9 Å². The minimum atomic E-state index is -0.455. The number of esters is 2. The molecule has 30 heavy (non-hydrogen) atoms. The molecule has 0 spiro atoms. The predicted molar refractivity (Wildman–Crippen MR) is 113 cm³/mol. The van der Waals surface area contributed by atoms with Gasteiger partial charge in [-0.2, -0.15) is 0 Å². The Balaban J connectivity index is -0.000000115. The topological polar surface area (TPSA) is 131 Å². The van der Waals surface area contributed by atoms with Gasteiger partial charge in [-0.3, -0.25) is 4.79 Å². The van der Waals surface area contributed by atoms with Gasteiger partial charge in [0.25, 0.3) is 0 Å². The van der Waals surface area contributed by atoms with Crippen LogP contribution in [0.4, 0.5) is 9.59 Å². The number of nitrogens with zero attached hydrogens (tertiary/aromatic N) is 2. The van der Waals surface area contributed by atoms with Crippen LogP contribution in [0, 0.1) is 0 Å². The zero-order chi connectivity index (χ0) is 23.6. The molecule has 0 aromatic heterocycles. The third kappa shape index (κ3) is 28.5. The number of ether oxygens (including phenoxy) is 2. The van der Waals surface area contributed by atoms with E-state index in [-0.39, 0.29) is 43.0 Å². The molecule has 0 radical (unpaired) electrons. The Kier molecular flexibility index (Phi) is 26.1. The molecule has 3 amide bonds. The van der Waals surface area contributed by atoms with Gasteiger partial charge >= 0.3 is 52.9 Å². The van der Waals surface area contributed by atoms with Crippen LogP contribution in [-0.2, 0) is 19.1 Å². The molecule has 10 nitrogen and oxygen atoms in total. The van der Waals surface area contributed by atoms with Gasteiger partial charge in [-0.1, -0.05) is 0 Å². The Hall–Kier alpha value is -1.75. The van der Waals surface area contributed by atoms with Crippen molar-refractivity contribution in [1.82, 2.24) is 15.1 Å². The average molecular weight is 461 g/mol. The van der Waals surface area contributed by atoms with E-state index >= 15 is 0 Å². The standard InChI is InChI=1S/C9H16N2O3.C6H11NO2.C3H6ClNO.Na.H/c1-5-14-8(12)6-7(2)10-9(13)11(3)4;1-3-9-6(8)4-5(2)7;1-5(2)3(4)6;;/h6H,5H2,1-4H3,(H,10,13);4H,3,7H2,1-2H3;1-2H3;;/q;;;+1;-1/b7-6-;5-4-;;;. The number of amides is 3. The molecule has 0 heterocycles. The molecule has 0 aromatic carbocycles. The number of nitrogens with two attached hydrogens (primary N) is 1. The maximum atomic E-state index is 11.1. The second-order valence-corrected chi connectivity index (χ2v) is 6.02. The Bertz CT molecular complexity index is 598. The van der Waals surface area contributed by atoms with Crippen molar-refractivity contribution < 1.29 is 59.6 Å². The van der Waals surface area contributed by atoms with Gasteiger partial charge in [0.2, 0.25) is 0 Å². The van der Waals surface area contributed by atoms with Crippen molar-refractivity contribution in [2.45, 2.75) is 27.7 Å². The molecule has 0 atom stereocenters. The van der Waals surface area contributed by atoms with Gasteiger partial charge in [0.1, 0.15) is 0 Å². The molecule has 0 unspecified atom stereocenters. The fourth-order valence-corrected chi connectivity index (χ4v) is 1.05. The van der Waals surface area contributed by atoms with Crippen molar-refractivity contribution in [2.24, 2.45) is 5.73 Å². The molecular formula is C18H34ClN4NaO6. The molecule has 0 aromatic rings. The quantitative estimate of drug-likeness (QED) is 0.180. The van der Waals surface area contributed by atoms with Gasteiger partial charge in [0, 0.05) is 51.7 Å². The van der Waals surface area contributed by atoms with E-state index in [2.05, 4.69) is 14.8 Å². The molecule has 0 aliphatic heterocycles. The molecule has 170 valence electrons. The van der Waals surface area contributed by atoms with Gasteiger partial charge < -0.3 is 31.8 Å². The van der Waals surface area contributed by atoms with Crippen molar-refractivity contribution in [3.63, 3.8) is 0 Å². The average Bonchev–Trinajstić information content (AvgIpc) is 2.55. The first kappa shape index (κ1) is 35.7. The Morgan fingerprint density at radius 1 is 0.933 bits per heavy atom. The molecular weight excluding hydrogens is 427 g/mol. The van der Waals surface area contributed by atoms with Gasteiger partial charge in [-0.05, 0) is 39.3 Å². The first-order chi connectivity index (χ1) is 13.3. The fraction of sp³-hybridized carbons (Fsp3) is 0.556. The minimum absolute atomic E-state index is 0. The number of rotatable bonds is 5. The van der Waals surface area contributed by atoms with Crippen LogP contribution < -0.4 is 40.6 Å². The third-order valence-electron chi connectivity index (χ3n) is 2.31.